The lowest BCUT2D eigenvalue weighted by Crippen LogP contribution is -2.69. The highest BCUT2D eigenvalue weighted by atomic mass is 16.8. The van der Waals surface area contributed by atoms with Gasteiger partial charge in [-0.3, -0.25) is 0 Å². The molecule has 3 saturated heterocycles. The van der Waals surface area contributed by atoms with Crippen molar-refractivity contribution in [2.45, 2.75) is 210 Å². The summed E-state index contributed by atoms with van der Waals surface area (Å²) < 4.78 is 36.4. The summed E-state index contributed by atoms with van der Waals surface area (Å²) in [6.45, 7) is 13.3. The summed E-state index contributed by atoms with van der Waals surface area (Å²) >= 11 is 0. The standard InChI is InChI=1S/C48H80O19/c1-43(2)16-22-21-8-9-27-45(5)12-11-28(66-40-35(58)32(55)29(52)23(17-49)63-40)44(3,4)26(45)10-13-47(27,7)46(21,6)14-15-48(22,39(61)38(43)60)20-62-42-37(34(57)31(54)25(19-51)65-42)67-41-36(59)33(56)30(53)24(18-50)64-41/h8,22-42,49-61H,9-20H2,1-7H3/t22-,23+,24+,25+,26-,27+,28-,29+,30+,31+,32-,33-,34-,35+,36+,37+,38-,39-,40-,41-,42+,45-,46+,47+,48-/m0/s1. The summed E-state index contributed by atoms with van der Waals surface area (Å²) in [5, 5.41) is 140. The van der Waals surface area contributed by atoms with Gasteiger partial charge in [0.2, 0.25) is 0 Å². The molecule has 7 fully saturated rings. The van der Waals surface area contributed by atoms with E-state index in [0.717, 1.165) is 25.7 Å². The molecule has 19 nitrogen and oxygen atoms in total. The van der Waals surface area contributed by atoms with E-state index >= 15 is 0 Å². The maximum absolute atomic E-state index is 12.4. The molecule has 0 spiro atoms. The molecule has 386 valence electrons. The Labute approximate surface area is 392 Å². The van der Waals surface area contributed by atoms with Gasteiger partial charge in [0.15, 0.2) is 18.9 Å². The van der Waals surface area contributed by atoms with Gasteiger partial charge >= 0.3 is 0 Å². The van der Waals surface area contributed by atoms with Crippen LogP contribution in [0.1, 0.15) is 99.8 Å². The molecule has 3 aliphatic heterocycles. The lowest BCUT2D eigenvalue weighted by atomic mass is 9.33. The minimum absolute atomic E-state index is 0.140. The Morgan fingerprint density at radius 2 is 1.10 bits per heavy atom. The van der Waals surface area contributed by atoms with Gasteiger partial charge in [-0.1, -0.05) is 60.1 Å². The van der Waals surface area contributed by atoms with Gasteiger partial charge < -0.3 is 94.8 Å². The molecule has 4 saturated carbocycles. The van der Waals surface area contributed by atoms with Gasteiger partial charge in [0, 0.05) is 5.41 Å². The van der Waals surface area contributed by atoms with E-state index < -0.39 is 140 Å². The average Bonchev–Trinajstić information content (AvgIpc) is 3.28. The Morgan fingerprint density at radius 3 is 1.67 bits per heavy atom. The fourth-order valence-electron chi connectivity index (χ4n) is 15.2. The minimum atomic E-state index is -1.85. The zero-order chi connectivity index (χ0) is 49.1. The van der Waals surface area contributed by atoms with E-state index in [-0.39, 0.29) is 46.7 Å². The van der Waals surface area contributed by atoms with Crippen LogP contribution in [-0.4, -0.2) is 203 Å². The van der Waals surface area contributed by atoms with E-state index in [1.807, 2.05) is 13.8 Å². The van der Waals surface area contributed by atoms with Crippen LogP contribution in [0.2, 0.25) is 0 Å². The Morgan fingerprint density at radius 1 is 0.567 bits per heavy atom. The van der Waals surface area contributed by atoms with Crippen molar-refractivity contribution >= 4 is 0 Å². The normalized spacial score (nSPS) is 55.0. The zero-order valence-corrected chi connectivity index (χ0v) is 40.0. The topological polar surface area (TPSA) is 318 Å². The summed E-state index contributed by atoms with van der Waals surface area (Å²) in [6, 6.07) is 0. The predicted octanol–water partition coefficient (Wildman–Crippen LogP) is -1.44. The third-order valence-corrected chi connectivity index (χ3v) is 19.7. The molecule has 8 aliphatic rings. The van der Waals surface area contributed by atoms with E-state index in [4.69, 9.17) is 28.4 Å². The lowest BCUT2D eigenvalue weighted by molar-refractivity contribution is -0.372. The molecular weight excluding hydrogens is 881 g/mol. The molecule has 0 aromatic heterocycles. The lowest BCUT2D eigenvalue weighted by Gasteiger charge is -2.72. The van der Waals surface area contributed by atoms with Gasteiger partial charge in [0.25, 0.3) is 0 Å². The van der Waals surface area contributed by atoms with Gasteiger partial charge in [-0.15, -0.1) is 0 Å². The van der Waals surface area contributed by atoms with Crippen LogP contribution in [0, 0.1) is 50.2 Å². The fraction of sp³-hybridized carbons (Fsp3) is 0.958. The molecule has 25 atom stereocenters. The maximum atomic E-state index is 12.4. The number of rotatable bonds is 10. The SMILES string of the molecule is CC1(C)C[C@H]2C3=CC[C@@H]4[C@@]5(C)CC[C@H](O[C@@H]6O[C@H](CO)[C@@H](O)[C@H](O)[C@H]6O)C(C)(C)[C@@H]5CC[C@@]4(C)[C@]3(C)CC[C@@]2(CO[C@@H]2O[C@H](CO)[C@@H](O)[C@H](O)[C@H]2O[C@@H]2O[C@H](CO)[C@@H](O)[C@H](O)[C@H]2O)[C@@H](O)[C@@H]1O. The molecule has 5 aliphatic carbocycles. The van der Waals surface area contributed by atoms with Crippen molar-refractivity contribution in [1.82, 2.24) is 0 Å². The number of aliphatic hydroxyl groups excluding tert-OH is 13. The third-order valence-electron chi connectivity index (χ3n) is 19.7. The zero-order valence-electron chi connectivity index (χ0n) is 40.0. The summed E-state index contributed by atoms with van der Waals surface area (Å²) in [6.07, 6.45) is -17.9. The number of aliphatic hydroxyl groups is 13. The monoisotopic (exact) mass is 961 g/mol. The van der Waals surface area contributed by atoms with Gasteiger partial charge in [-0.2, -0.15) is 0 Å². The van der Waals surface area contributed by atoms with Crippen LogP contribution in [0.3, 0.4) is 0 Å². The second-order valence-corrected chi connectivity index (χ2v) is 23.7. The first-order valence-electron chi connectivity index (χ1n) is 24.5. The first kappa shape index (κ1) is 52.3. The highest BCUT2D eigenvalue weighted by molar-refractivity contribution is 5.35. The van der Waals surface area contributed by atoms with Crippen LogP contribution in [0.4, 0.5) is 0 Å². The highest BCUT2D eigenvalue weighted by Gasteiger charge is 2.71. The number of hydrogen-bond acceptors (Lipinski definition) is 19. The van der Waals surface area contributed by atoms with Crippen molar-refractivity contribution < 1.29 is 94.8 Å². The Balaban J connectivity index is 1.07. The summed E-state index contributed by atoms with van der Waals surface area (Å²) in [5.41, 5.74) is -1.68. The van der Waals surface area contributed by atoms with Gasteiger partial charge in [0.1, 0.15) is 73.2 Å². The number of hydrogen-bond donors (Lipinski definition) is 13. The van der Waals surface area contributed by atoms with Crippen LogP contribution in [0.15, 0.2) is 11.6 Å². The van der Waals surface area contributed by atoms with E-state index in [9.17, 15) is 66.4 Å². The number of ether oxygens (including phenoxy) is 6. The second kappa shape index (κ2) is 18.5. The van der Waals surface area contributed by atoms with Crippen LogP contribution >= 0.6 is 0 Å². The van der Waals surface area contributed by atoms with Gasteiger partial charge in [0.05, 0.1) is 44.7 Å². The third kappa shape index (κ3) is 8.05. The van der Waals surface area contributed by atoms with Crippen molar-refractivity contribution in [3.63, 3.8) is 0 Å². The maximum Gasteiger partial charge on any atom is 0.187 e. The van der Waals surface area contributed by atoms with Gasteiger partial charge in [-0.25, -0.2) is 0 Å². The Kier molecular flexibility index (Phi) is 14.4. The molecule has 0 radical (unpaired) electrons. The molecule has 67 heavy (non-hydrogen) atoms. The second-order valence-electron chi connectivity index (χ2n) is 23.7. The molecule has 8 rings (SSSR count). The van der Waals surface area contributed by atoms with Crippen LogP contribution in [-0.2, 0) is 28.4 Å². The van der Waals surface area contributed by atoms with Crippen LogP contribution < -0.4 is 0 Å². The van der Waals surface area contributed by atoms with Crippen molar-refractivity contribution in [2.24, 2.45) is 50.2 Å². The van der Waals surface area contributed by atoms with Crippen molar-refractivity contribution in [3.8, 4) is 0 Å². The average molecular weight is 961 g/mol. The quantitative estimate of drug-likeness (QED) is 0.0881. The molecule has 0 bridgehead atoms. The molecule has 0 aromatic carbocycles. The Bertz CT molecular complexity index is 1780. The molecule has 0 amide bonds. The van der Waals surface area contributed by atoms with E-state index in [1.165, 1.54) is 5.57 Å². The van der Waals surface area contributed by atoms with E-state index in [2.05, 4.69) is 40.7 Å². The van der Waals surface area contributed by atoms with Crippen LogP contribution in [0.5, 0.6) is 0 Å². The molecule has 0 aromatic rings. The first-order chi connectivity index (χ1) is 31.3. The van der Waals surface area contributed by atoms with Crippen LogP contribution in [0.25, 0.3) is 0 Å². The fourth-order valence-corrected chi connectivity index (χ4v) is 15.2. The van der Waals surface area contributed by atoms with E-state index in [0.29, 0.717) is 25.7 Å². The number of allylic oxidation sites excluding steroid dienone is 2. The number of fused-ring (bicyclic) bond motifs is 7. The minimum Gasteiger partial charge on any atom is -0.394 e. The highest BCUT2D eigenvalue weighted by Crippen LogP contribution is 2.76. The van der Waals surface area contributed by atoms with E-state index in [1.54, 1.807) is 0 Å². The molecule has 13 N–H and O–H groups in total. The van der Waals surface area contributed by atoms with Crippen molar-refractivity contribution in [1.29, 1.82) is 0 Å². The Hall–Kier alpha value is -1.02. The van der Waals surface area contributed by atoms with Crippen molar-refractivity contribution in [2.75, 3.05) is 26.4 Å². The smallest absolute Gasteiger partial charge is 0.187 e. The van der Waals surface area contributed by atoms with Gasteiger partial charge in [-0.05, 0) is 96.2 Å². The molecule has 19 heteroatoms. The van der Waals surface area contributed by atoms with Crippen molar-refractivity contribution in [3.05, 3.63) is 11.6 Å². The summed E-state index contributed by atoms with van der Waals surface area (Å²) in [5.74, 6) is 0.155. The largest absolute Gasteiger partial charge is 0.394 e. The summed E-state index contributed by atoms with van der Waals surface area (Å²) in [4.78, 5) is 0. The summed E-state index contributed by atoms with van der Waals surface area (Å²) in [7, 11) is 0. The predicted molar refractivity (Wildman–Crippen MR) is 233 cm³/mol. The first-order valence-corrected chi connectivity index (χ1v) is 24.5. The molecule has 0 unspecified atom stereocenters. The molecular formula is C48H80O19. The molecule has 3 heterocycles.